The monoisotopic (exact) mass is 232 g/mol. The van der Waals surface area contributed by atoms with Gasteiger partial charge in [0.1, 0.15) is 11.5 Å². The average molecular weight is 232 g/mol. The fourth-order valence-corrected chi connectivity index (χ4v) is 1.56. The Kier molecular flexibility index (Phi) is 3.14. The molecular weight excluding hydrogens is 220 g/mol. The van der Waals surface area contributed by atoms with Crippen LogP contribution in [0.25, 0.3) is 10.8 Å². The van der Waals surface area contributed by atoms with Crippen molar-refractivity contribution in [2.45, 2.75) is 0 Å². The molecule has 0 fully saturated rings. The van der Waals surface area contributed by atoms with Crippen molar-refractivity contribution in [1.82, 2.24) is 0 Å². The number of benzene rings is 2. The van der Waals surface area contributed by atoms with Crippen LogP contribution in [0.1, 0.15) is 0 Å². The Morgan fingerprint density at radius 1 is 1.12 bits per heavy atom. The molecule has 2 aromatic carbocycles. The molecule has 0 aliphatic rings. The van der Waals surface area contributed by atoms with Crippen molar-refractivity contribution in [2.24, 2.45) is 0 Å². The Morgan fingerprint density at radius 2 is 1.76 bits per heavy atom. The molecule has 2 rings (SSSR count). The molecule has 0 heterocycles. The van der Waals surface area contributed by atoms with Crippen molar-refractivity contribution in [3.63, 3.8) is 0 Å². The first kappa shape index (κ1) is 11.3. The summed E-state index contributed by atoms with van der Waals surface area (Å²) >= 11 is 0. The lowest BCUT2D eigenvalue weighted by molar-refractivity contribution is -0.139. The molecule has 4 nitrogen and oxygen atoms in total. The van der Waals surface area contributed by atoms with Crippen LogP contribution in [0.3, 0.4) is 0 Å². The van der Waals surface area contributed by atoms with Crippen molar-refractivity contribution >= 4 is 16.7 Å². The van der Waals surface area contributed by atoms with Gasteiger partial charge in [-0.25, -0.2) is 4.79 Å². The summed E-state index contributed by atoms with van der Waals surface area (Å²) in [4.78, 5) is 10.4. The number of carboxylic acid groups (broad SMARTS) is 1. The van der Waals surface area contributed by atoms with Crippen molar-refractivity contribution < 1.29 is 19.4 Å². The van der Waals surface area contributed by atoms with Crippen LogP contribution in [-0.4, -0.2) is 24.8 Å². The predicted octanol–water partition coefficient (Wildman–Crippen LogP) is 2.31. The second kappa shape index (κ2) is 4.74. The van der Waals surface area contributed by atoms with E-state index in [2.05, 4.69) is 0 Å². The fraction of sp³-hybridized carbons (Fsp3) is 0.154. The van der Waals surface area contributed by atoms with Crippen LogP contribution in [-0.2, 0) is 4.79 Å². The lowest BCUT2D eigenvalue weighted by Gasteiger charge is -2.06. The van der Waals surface area contributed by atoms with E-state index in [-0.39, 0.29) is 6.61 Å². The molecule has 0 radical (unpaired) electrons. The molecule has 0 bridgehead atoms. The van der Waals surface area contributed by atoms with Crippen LogP contribution in [0.4, 0.5) is 0 Å². The molecular formula is C13H12O4. The van der Waals surface area contributed by atoms with Gasteiger partial charge in [-0.05, 0) is 35.0 Å². The third-order valence-corrected chi connectivity index (χ3v) is 2.38. The fourth-order valence-electron chi connectivity index (χ4n) is 1.56. The van der Waals surface area contributed by atoms with E-state index in [0.717, 1.165) is 16.5 Å². The summed E-state index contributed by atoms with van der Waals surface area (Å²) in [6.45, 7) is -0.338. The lowest BCUT2D eigenvalue weighted by Crippen LogP contribution is -2.09. The largest absolute Gasteiger partial charge is 0.497 e. The number of methoxy groups -OCH3 is 1. The zero-order valence-corrected chi connectivity index (χ0v) is 9.34. The Morgan fingerprint density at radius 3 is 2.41 bits per heavy atom. The molecule has 1 N–H and O–H groups in total. The van der Waals surface area contributed by atoms with Gasteiger partial charge < -0.3 is 14.6 Å². The summed E-state index contributed by atoms with van der Waals surface area (Å²) in [5.41, 5.74) is 0. The Balaban J connectivity index is 2.31. The van der Waals surface area contributed by atoms with Crippen molar-refractivity contribution in [2.75, 3.05) is 13.7 Å². The molecule has 2 aromatic rings. The van der Waals surface area contributed by atoms with Crippen molar-refractivity contribution in [3.8, 4) is 11.5 Å². The van der Waals surface area contributed by atoms with Gasteiger partial charge in [0.05, 0.1) is 7.11 Å². The Bertz CT molecular complexity index is 548. The normalized spacial score (nSPS) is 10.2. The standard InChI is InChI=1S/C13H12O4/c1-16-11-4-2-9-3-5-12(7-10(9)6-11)17-8-13(14)15/h2-7H,8H2,1H3,(H,14,15). The molecule has 0 saturated heterocycles. The maximum absolute atomic E-state index is 10.4. The minimum Gasteiger partial charge on any atom is -0.497 e. The molecule has 0 unspecified atom stereocenters. The van der Waals surface area contributed by atoms with E-state index >= 15 is 0 Å². The zero-order chi connectivity index (χ0) is 12.3. The van der Waals surface area contributed by atoms with Crippen LogP contribution in [0.5, 0.6) is 11.5 Å². The number of fused-ring (bicyclic) bond motifs is 1. The quantitative estimate of drug-likeness (QED) is 0.878. The van der Waals surface area contributed by atoms with Gasteiger partial charge in [0, 0.05) is 0 Å². The van der Waals surface area contributed by atoms with E-state index in [1.54, 1.807) is 19.2 Å². The van der Waals surface area contributed by atoms with Gasteiger partial charge >= 0.3 is 5.97 Å². The molecule has 4 heteroatoms. The number of carbonyl (C=O) groups is 1. The minimum atomic E-state index is -0.990. The number of carboxylic acids is 1. The highest BCUT2D eigenvalue weighted by atomic mass is 16.5. The average Bonchev–Trinajstić information content (AvgIpc) is 2.35. The third kappa shape index (κ3) is 2.66. The molecule has 0 atom stereocenters. The van der Waals surface area contributed by atoms with Crippen molar-refractivity contribution in [3.05, 3.63) is 36.4 Å². The van der Waals surface area contributed by atoms with E-state index < -0.39 is 5.97 Å². The van der Waals surface area contributed by atoms with Crippen LogP contribution >= 0.6 is 0 Å². The highest BCUT2D eigenvalue weighted by Crippen LogP contribution is 2.24. The predicted molar refractivity (Wildman–Crippen MR) is 63.6 cm³/mol. The van der Waals surface area contributed by atoms with Gasteiger partial charge in [-0.1, -0.05) is 12.1 Å². The maximum Gasteiger partial charge on any atom is 0.341 e. The van der Waals surface area contributed by atoms with Gasteiger partial charge in [0.2, 0.25) is 0 Å². The van der Waals surface area contributed by atoms with Gasteiger partial charge in [0.25, 0.3) is 0 Å². The zero-order valence-electron chi connectivity index (χ0n) is 9.34. The summed E-state index contributed by atoms with van der Waals surface area (Å²) in [5.74, 6) is 0.303. The highest BCUT2D eigenvalue weighted by Gasteiger charge is 2.02. The summed E-state index contributed by atoms with van der Waals surface area (Å²) in [7, 11) is 1.60. The first-order valence-corrected chi connectivity index (χ1v) is 5.11. The summed E-state index contributed by atoms with van der Waals surface area (Å²) < 4.78 is 10.2. The van der Waals surface area contributed by atoms with E-state index in [1.807, 2.05) is 24.3 Å². The molecule has 0 aliphatic carbocycles. The Hall–Kier alpha value is -2.23. The second-order valence-corrected chi connectivity index (χ2v) is 3.56. The lowest BCUT2D eigenvalue weighted by atomic mass is 10.1. The number of hydrogen-bond acceptors (Lipinski definition) is 3. The van der Waals surface area contributed by atoms with Crippen LogP contribution < -0.4 is 9.47 Å². The van der Waals surface area contributed by atoms with Crippen molar-refractivity contribution in [1.29, 1.82) is 0 Å². The molecule has 17 heavy (non-hydrogen) atoms. The van der Waals surface area contributed by atoms with Crippen LogP contribution in [0, 0.1) is 0 Å². The third-order valence-electron chi connectivity index (χ3n) is 2.38. The van der Waals surface area contributed by atoms with Crippen LogP contribution in [0.2, 0.25) is 0 Å². The molecule has 0 saturated carbocycles. The van der Waals surface area contributed by atoms with Crippen LogP contribution in [0.15, 0.2) is 36.4 Å². The molecule has 0 aliphatic heterocycles. The SMILES string of the molecule is COc1ccc2ccc(OCC(=O)O)cc2c1. The topological polar surface area (TPSA) is 55.8 Å². The van der Waals surface area contributed by atoms with E-state index in [0.29, 0.717) is 5.75 Å². The minimum absolute atomic E-state index is 0.338. The number of ether oxygens (including phenoxy) is 2. The molecule has 0 amide bonds. The summed E-state index contributed by atoms with van der Waals surface area (Å²) in [5, 5.41) is 10.5. The van der Waals surface area contributed by atoms with Gasteiger partial charge in [-0.3, -0.25) is 0 Å². The van der Waals surface area contributed by atoms with Gasteiger partial charge in [-0.2, -0.15) is 0 Å². The second-order valence-electron chi connectivity index (χ2n) is 3.56. The smallest absolute Gasteiger partial charge is 0.341 e. The molecule has 88 valence electrons. The first-order chi connectivity index (χ1) is 8.19. The molecule has 0 aromatic heterocycles. The van der Waals surface area contributed by atoms with E-state index in [1.165, 1.54) is 0 Å². The number of rotatable bonds is 4. The van der Waals surface area contributed by atoms with Gasteiger partial charge in [-0.15, -0.1) is 0 Å². The highest BCUT2D eigenvalue weighted by molar-refractivity contribution is 5.85. The first-order valence-electron chi connectivity index (χ1n) is 5.11. The summed E-state index contributed by atoms with van der Waals surface area (Å²) in [6.07, 6.45) is 0. The number of hydrogen-bond donors (Lipinski definition) is 1. The van der Waals surface area contributed by atoms with E-state index in [9.17, 15) is 4.79 Å². The summed E-state index contributed by atoms with van der Waals surface area (Å²) in [6, 6.07) is 11.1. The van der Waals surface area contributed by atoms with Gasteiger partial charge in [0.15, 0.2) is 6.61 Å². The molecule has 0 spiro atoms. The van der Waals surface area contributed by atoms with E-state index in [4.69, 9.17) is 14.6 Å². The maximum atomic E-state index is 10.4. The Labute approximate surface area is 98.4 Å². The number of aliphatic carboxylic acids is 1.